The SMILES string of the molecule is CCCC(CNC(C)C)Oc1cccnc1. The lowest BCUT2D eigenvalue weighted by molar-refractivity contribution is 0.182. The normalized spacial score (nSPS) is 12.8. The standard InChI is InChI=1S/C13H22N2O/c1-4-6-12(10-15-11(2)3)16-13-7-5-8-14-9-13/h5,7-9,11-12,15H,4,6,10H2,1-3H3. The minimum atomic E-state index is 0.233. The number of aromatic nitrogens is 1. The second kappa shape index (κ2) is 7.23. The van der Waals surface area contributed by atoms with Crippen molar-refractivity contribution in [3.63, 3.8) is 0 Å². The summed E-state index contributed by atoms with van der Waals surface area (Å²) in [5, 5.41) is 3.41. The second-order valence-corrected chi connectivity index (χ2v) is 4.28. The van der Waals surface area contributed by atoms with E-state index in [-0.39, 0.29) is 6.10 Å². The average molecular weight is 222 g/mol. The highest BCUT2D eigenvalue weighted by Crippen LogP contribution is 2.11. The molecule has 1 heterocycles. The van der Waals surface area contributed by atoms with Gasteiger partial charge in [-0.05, 0) is 18.6 Å². The molecule has 1 unspecified atom stereocenters. The smallest absolute Gasteiger partial charge is 0.138 e. The van der Waals surface area contributed by atoms with Crippen molar-refractivity contribution in [3.05, 3.63) is 24.5 Å². The molecule has 3 nitrogen and oxygen atoms in total. The van der Waals surface area contributed by atoms with Crippen LogP contribution in [0.4, 0.5) is 0 Å². The first-order chi connectivity index (χ1) is 7.72. The zero-order chi connectivity index (χ0) is 11.8. The summed E-state index contributed by atoms with van der Waals surface area (Å²) in [6.45, 7) is 7.36. The molecule has 0 aliphatic heterocycles. The van der Waals surface area contributed by atoms with Gasteiger partial charge in [0, 0.05) is 18.8 Å². The molecule has 0 radical (unpaired) electrons. The highest BCUT2D eigenvalue weighted by atomic mass is 16.5. The number of rotatable bonds is 7. The van der Waals surface area contributed by atoms with Gasteiger partial charge in [0.25, 0.3) is 0 Å². The molecule has 1 atom stereocenters. The third kappa shape index (κ3) is 5.12. The van der Waals surface area contributed by atoms with Gasteiger partial charge in [0.15, 0.2) is 0 Å². The molecular weight excluding hydrogens is 200 g/mol. The summed E-state index contributed by atoms with van der Waals surface area (Å²) in [5.41, 5.74) is 0. The topological polar surface area (TPSA) is 34.1 Å². The molecule has 3 heteroatoms. The lowest BCUT2D eigenvalue weighted by Gasteiger charge is -2.20. The van der Waals surface area contributed by atoms with Crippen LogP contribution in [0.2, 0.25) is 0 Å². The van der Waals surface area contributed by atoms with Gasteiger partial charge in [0.05, 0.1) is 6.20 Å². The van der Waals surface area contributed by atoms with Crippen LogP contribution in [0.3, 0.4) is 0 Å². The summed E-state index contributed by atoms with van der Waals surface area (Å²) in [6, 6.07) is 4.34. The number of hydrogen-bond acceptors (Lipinski definition) is 3. The molecule has 1 aromatic heterocycles. The van der Waals surface area contributed by atoms with E-state index in [9.17, 15) is 0 Å². The molecular formula is C13H22N2O. The molecule has 0 amide bonds. The Hall–Kier alpha value is -1.09. The Morgan fingerprint density at radius 2 is 2.25 bits per heavy atom. The van der Waals surface area contributed by atoms with Gasteiger partial charge < -0.3 is 10.1 Å². The number of hydrogen-bond donors (Lipinski definition) is 1. The molecule has 0 fully saturated rings. The summed E-state index contributed by atoms with van der Waals surface area (Å²) >= 11 is 0. The Morgan fingerprint density at radius 3 is 2.81 bits per heavy atom. The van der Waals surface area contributed by atoms with Crippen molar-refractivity contribution < 1.29 is 4.74 Å². The molecule has 0 aromatic carbocycles. The summed E-state index contributed by atoms with van der Waals surface area (Å²) in [6.07, 6.45) is 5.95. The van der Waals surface area contributed by atoms with Crippen LogP contribution >= 0.6 is 0 Å². The van der Waals surface area contributed by atoms with Crippen LogP contribution in [0.5, 0.6) is 5.75 Å². The van der Waals surface area contributed by atoms with Gasteiger partial charge in [-0.1, -0.05) is 27.2 Å². The van der Waals surface area contributed by atoms with E-state index in [0.29, 0.717) is 6.04 Å². The van der Waals surface area contributed by atoms with Gasteiger partial charge in [0.1, 0.15) is 11.9 Å². The predicted octanol–water partition coefficient (Wildman–Crippen LogP) is 2.63. The minimum Gasteiger partial charge on any atom is -0.487 e. The molecule has 1 aromatic rings. The van der Waals surface area contributed by atoms with E-state index in [0.717, 1.165) is 25.1 Å². The molecule has 0 aliphatic carbocycles. The third-order valence-corrected chi connectivity index (χ3v) is 2.30. The van der Waals surface area contributed by atoms with Crippen molar-refractivity contribution in [2.24, 2.45) is 0 Å². The highest BCUT2D eigenvalue weighted by molar-refractivity contribution is 5.15. The van der Waals surface area contributed by atoms with Crippen LogP contribution in [0.15, 0.2) is 24.5 Å². The van der Waals surface area contributed by atoms with Gasteiger partial charge in [0.2, 0.25) is 0 Å². The van der Waals surface area contributed by atoms with Crippen molar-refractivity contribution >= 4 is 0 Å². The number of nitrogens with one attached hydrogen (secondary N) is 1. The Balaban J connectivity index is 2.44. The molecule has 0 aliphatic rings. The number of ether oxygens (including phenoxy) is 1. The lowest BCUT2D eigenvalue weighted by Crippen LogP contribution is -2.35. The molecule has 1 rings (SSSR count). The van der Waals surface area contributed by atoms with Gasteiger partial charge in [-0.15, -0.1) is 0 Å². The van der Waals surface area contributed by atoms with E-state index in [1.807, 2.05) is 12.1 Å². The van der Waals surface area contributed by atoms with E-state index < -0.39 is 0 Å². The molecule has 16 heavy (non-hydrogen) atoms. The van der Waals surface area contributed by atoms with E-state index >= 15 is 0 Å². The van der Waals surface area contributed by atoms with Crippen LogP contribution in [-0.4, -0.2) is 23.7 Å². The molecule has 0 spiro atoms. The summed E-state index contributed by atoms with van der Waals surface area (Å²) in [4.78, 5) is 4.05. The zero-order valence-electron chi connectivity index (χ0n) is 10.4. The van der Waals surface area contributed by atoms with Gasteiger partial charge in [-0.2, -0.15) is 0 Å². The van der Waals surface area contributed by atoms with Crippen molar-refractivity contribution in [2.45, 2.75) is 45.8 Å². The maximum absolute atomic E-state index is 5.88. The predicted molar refractivity (Wildman–Crippen MR) is 66.7 cm³/mol. The first kappa shape index (κ1) is 13.0. The first-order valence-corrected chi connectivity index (χ1v) is 6.02. The van der Waals surface area contributed by atoms with Crippen molar-refractivity contribution in [2.75, 3.05) is 6.54 Å². The van der Waals surface area contributed by atoms with Crippen molar-refractivity contribution in [3.8, 4) is 5.75 Å². The third-order valence-electron chi connectivity index (χ3n) is 2.30. The molecule has 1 N–H and O–H groups in total. The summed E-state index contributed by atoms with van der Waals surface area (Å²) < 4.78 is 5.88. The molecule has 0 saturated carbocycles. The Bertz CT molecular complexity index is 275. The van der Waals surface area contributed by atoms with Crippen LogP contribution in [0.1, 0.15) is 33.6 Å². The van der Waals surface area contributed by atoms with E-state index in [1.165, 1.54) is 0 Å². The summed E-state index contributed by atoms with van der Waals surface area (Å²) in [5.74, 6) is 0.853. The second-order valence-electron chi connectivity index (χ2n) is 4.28. The van der Waals surface area contributed by atoms with Crippen LogP contribution in [0.25, 0.3) is 0 Å². The minimum absolute atomic E-state index is 0.233. The van der Waals surface area contributed by atoms with Crippen molar-refractivity contribution in [1.29, 1.82) is 0 Å². The highest BCUT2D eigenvalue weighted by Gasteiger charge is 2.09. The van der Waals surface area contributed by atoms with Gasteiger partial charge in [-0.3, -0.25) is 4.98 Å². The fraction of sp³-hybridized carbons (Fsp3) is 0.615. The monoisotopic (exact) mass is 222 g/mol. The number of pyridine rings is 1. The lowest BCUT2D eigenvalue weighted by atomic mass is 10.2. The van der Waals surface area contributed by atoms with E-state index in [2.05, 4.69) is 31.1 Å². The fourth-order valence-electron chi connectivity index (χ4n) is 1.50. The Kier molecular flexibility index (Phi) is 5.86. The summed E-state index contributed by atoms with van der Waals surface area (Å²) in [7, 11) is 0. The largest absolute Gasteiger partial charge is 0.487 e. The van der Waals surface area contributed by atoms with Crippen LogP contribution in [-0.2, 0) is 0 Å². The van der Waals surface area contributed by atoms with Gasteiger partial charge in [-0.25, -0.2) is 0 Å². The molecule has 0 saturated heterocycles. The fourth-order valence-corrected chi connectivity index (χ4v) is 1.50. The maximum Gasteiger partial charge on any atom is 0.138 e. The Labute approximate surface area is 98.2 Å². The molecule has 90 valence electrons. The first-order valence-electron chi connectivity index (χ1n) is 6.02. The Morgan fingerprint density at radius 1 is 1.44 bits per heavy atom. The van der Waals surface area contributed by atoms with Crippen LogP contribution in [0, 0.1) is 0 Å². The average Bonchev–Trinajstić information content (AvgIpc) is 2.27. The van der Waals surface area contributed by atoms with Crippen LogP contribution < -0.4 is 10.1 Å². The van der Waals surface area contributed by atoms with E-state index in [1.54, 1.807) is 12.4 Å². The maximum atomic E-state index is 5.88. The van der Waals surface area contributed by atoms with Gasteiger partial charge >= 0.3 is 0 Å². The van der Waals surface area contributed by atoms with E-state index in [4.69, 9.17) is 4.74 Å². The number of nitrogens with zero attached hydrogens (tertiary/aromatic N) is 1. The quantitative estimate of drug-likeness (QED) is 0.770. The van der Waals surface area contributed by atoms with Crippen molar-refractivity contribution in [1.82, 2.24) is 10.3 Å². The molecule has 0 bridgehead atoms. The zero-order valence-corrected chi connectivity index (χ0v) is 10.4.